The summed E-state index contributed by atoms with van der Waals surface area (Å²) in [6, 6.07) is 13.9. The number of rotatable bonds is 6. The lowest BCUT2D eigenvalue weighted by Gasteiger charge is -2.31. The molecule has 7 nitrogen and oxygen atoms in total. The summed E-state index contributed by atoms with van der Waals surface area (Å²) >= 11 is 1.58. The molecule has 2 aromatic carbocycles. The second kappa shape index (κ2) is 9.40. The van der Waals surface area contributed by atoms with Crippen LogP contribution in [-0.4, -0.2) is 43.8 Å². The maximum atomic E-state index is 13.1. The maximum Gasteiger partial charge on any atom is 0.243 e. The van der Waals surface area contributed by atoms with Crippen LogP contribution < -0.4 is 10.1 Å². The summed E-state index contributed by atoms with van der Waals surface area (Å²) in [5.41, 5.74) is 2.48. The minimum Gasteiger partial charge on any atom is -0.497 e. The normalized spacial score (nSPS) is 17.1. The van der Waals surface area contributed by atoms with Crippen LogP contribution in [-0.2, 0) is 14.8 Å². The van der Waals surface area contributed by atoms with Gasteiger partial charge in [0.05, 0.1) is 28.6 Å². The Hall–Kier alpha value is -2.75. The van der Waals surface area contributed by atoms with Crippen molar-refractivity contribution in [2.45, 2.75) is 24.7 Å². The first-order valence-corrected chi connectivity index (χ1v) is 12.7. The van der Waals surface area contributed by atoms with Crippen LogP contribution in [0.15, 0.2) is 58.8 Å². The van der Waals surface area contributed by atoms with Gasteiger partial charge >= 0.3 is 0 Å². The molecule has 32 heavy (non-hydrogen) atoms. The Balaban J connectivity index is 1.45. The van der Waals surface area contributed by atoms with Gasteiger partial charge < -0.3 is 10.1 Å². The Morgan fingerprint density at radius 1 is 1.22 bits per heavy atom. The molecule has 168 valence electrons. The SMILES string of the molecule is COc1ccc(S(=O)(=O)N2CCC[C@H](C(=O)Nc3cccc(-c4csc(C)n4)c3)C2)cc1. The number of benzene rings is 2. The van der Waals surface area contributed by atoms with Gasteiger partial charge in [0.15, 0.2) is 0 Å². The smallest absolute Gasteiger partial charge is 0.243 e. The number of carbonyl (C=O) groups is 1. The lowest BCUT2D eigenvalue weighted by Crippen LogP contribution is -2.43. The van der Waals surface area contributed by atoms with E-state index in [1.54, 1.807) is 23.5 Å². The topological polar surface area (TPSA) is 88.6 Å². The number of carbonyl (C=O) groups excluding carboxylic acids is 1. The molecule has 1 fully saturated rings. The average Bonchev–Trinajstić information content (AvgIpc) is 3.25. The maximum absolute atomic E-state index is 13.1. The molecule has 1 aliphatic rings. The van der Waals surface area contributed by atoms with Gasteiger partial charge in [-0.25, -0.2) is 13.4 Å². The number of piperidine rings is 1. The zero-order chi connectivity index (χ0) is 22.7. The van der Waals surface area contributed by atoms with Crippen molar-refractivity contribution in [2.75, 3.05) is 25.5 Å². The highest BCUT2D eigenvalue weighted by atomic mass is 32.2. The summed E-state index contributed by atoms with van der Waals surface area (Å²) in [5, 5.41) is 5.92. The van der Waals surface area contributed by atoms with Crippen molar-refractivity contribution in [1.29, 1.82) is 0 Å². The minimum absolute atomic E-state index is 0.158. The van der Waals surface area contributed by atoms with Gasteiger partial charge in [-0.05, 0) is 56.2 Å². The van der Waals surface area contributed by atoms with E-state index in [0.29, 0.717) is 30.8 Å². The molecule has 1 saturated heterocycles. The third-order valence-corrected chi connectivity index (χ3v) is 8.15. The van der Waals surface area contributed by atoms with Crippen LogP contribution in [0.25, 0.3) is 11.3 Å². The fourth-order valence-electron chi connectivity index (χ4n) is 3.77. The number of hydrogen-bond donors (Lipinski definition) is 1. The number of hydrogen-bond acceptors (Lipinski definition) is 6. The van der Waals surface area contributed by atoms with Crippen molar-refractivity contribution in [3.8, 4) is 17.0 Å². The Kier molecular flexibility index (Phi) is 6.59. The van der Waals surface area contributed by atoms with Gasteiger partial charge in [0.25, 0.3) is 0 Å². The van der Waals surface area contributed by atoms with Crippen molar-refractivity contribution in [3.05, 3.63) is 58.9 Å². The van der Waals surface area contributed by atoms with Crippen LogP contribution in [0, 0.1) is 12.8 Å². The van der Waals surface area contributed by atoms with Crippen LogP contribution in [0.3, 0.4) is 0 Å². The van der Waals surface area contributed by atoms with Crippen molar-refractivity contribution < 1.29 is 17.9 Å². The first-order chi connectivity index (χ1) is 15.4. The highest BCUT2D eigenvalue weighted by Crippen LogP contribution is 2.27. The Labute approximate surface area is 192 Å². The molecule has 0 bridgehead atoms. The number of anilines is 1. The highest BCUT2D eigenvalue weighted by Gasteiger charge is 2.33. The summed E-state index contributed by atoms with van der Waals surface area (Å²) in [4.78, 5) is 17.6. The van der Waals surface area contributed by atoms with E-state index in [2.05, 4.69) is 10.3 Å². The lowest BCUT2D eigenvalue weighted by atomic mass is 9.98. The molecule has 1 N–H and O–H groups in total. The summed E-state index contributed by atoms with van der Waals surface area (Å²) in [6.45, 7) is 2.51. The standard InChI is InChI=1S/C23H25N3O4S2/c1-16-24-22(15-31-16)17-5-3-7-19(13-17)25-23(27)18-6-4-12-26(14-18)32(28,29)21-10-8-20(30-2)9-11-21/h3,5,7-11,13,15,18H,4,6,12,14H2,1-2H3,(H,25,27)/t18-/m0/s1. The molecular weight excluding hydrogens is 446 g/mol. The van der Waals surface area contributed by atoms with Crippen LogP contribution in [0.5, 0.6) is 5.75 Å². The molecule has 3 aromatic rings. The minimum atomic E-state index is -3.68. The van der Waals surface area contributed by atoms with Crippen LogP contribution in [0.2, 0.25) is 0 Å². The quantitative estimate of drug-likeness (QED) is 0.583. The van der Waals surface area contributed by atoms with Crippen molar-refractivity contribution in [2.24, 2.45) is 5.92 Å². The molecule has 0 aliphatic carbocycles. The number of sulfonamides is 1. The molecule has 0 radical (unpaired) electrons. The van der Waals surface area contributed by atoms with E-state index in [9.17, 15) is 13.2 Å². The van der Waals surface area contributed by atoms with E-state index >= 15 is 0 Å². The lowest BCUT2D eigenvalue weighted by molar-refractivity contribution is -0.120. The molecular formula is C23H25N3O4S2. The first-order valence-electron chi connectivity index (χ1n) is 10.3. The van der Waals surface area contributed by atoms with Crippen LogP contribution in [0.1, 0.15) is 17.8 Å². The van der Waals surface area contributed by atoms with E-state index in [-0.39, 0.29) is 17.3 Å². The summed E-state index contributed by atoms with van der Waals surface area (Å²) in [6.07, 6.45) is 1.27. The molecule has 4 rings (SSSR count). The summed E-state index contributed by atoms with van der Waals surface area (Å²) in [5.74, 6) is 0.00285. The van der Waals surface area contributed by atoms with Gasteiger partial charge in [-0.1, -0.05) is 12.1 Å². The van der Waals surface area contributed by atoms with Gasteiger partial charge in [0.1, 0.15) is 5.75 Å². The predicted molar refractivity (Wildman–Crippen MR) is 125 cm³/mol. The Bertz CT molecular complexity index is 1210. The molecule has 0 unspecified atom stereocenters. The van der Waals surface area contributed by atoms with E-state index in [0.717, 1.165) is 16.3 Å². The number of nitrogens with one attached hydrogen (secondary N) is 1. The van der Waals surface area contributed by atoms with Crippen LogP contribution in [0.4, 0.5) is 5.69 Å². The highest BCUT2D eigenvalue weighted by molar-refractivity contribution is 7.89. The van der Waals surface area contributed by atoms with Gasteiger partial charge in [-0.3, -0.25) is 4.79 Å². The molecule has 1 amide bonds. The third kappa shape index (κ3) is 4.85. The van der Waals surface area contributed by atoms with E-state index < -0.39 is 15.9 Å². The molecule has 1 atom stereocenters. The number of thiazole rings is 1. The molecule has 1 aromatic heterocycles. The summed E-state index contributed by atoms with van der Waals surface area (Å²) in [7, 11) is -2.14. The molecule has 0 saturated carbocycles. The average molecular weight is 472 g/mol. The molecule has 2 heterocycles. The number of ether oxygens (including phenoxy) is 1. The monoisotopic (exact) mass is 471 g/mol. The summed E-state index contributed by atoms with van der Waals surface area (Å²) < 4.78 is 32.6. The van der Waals surface area contributed by atoms with Crippen molar-refractivity contribution in [3.63, 3.8) is 0 Å². The van der Waals surface area contributed by atoms with Crippen LogP contribution >= 0.6 is 11.3 Å². The fourth-order valence-corrected chi connectivity index (χ4v) is 5.91. The van der Waals surface area contributed by atoms with Gasteiger partial charge in [0.2, 0.25) is 15.9 Å². The Morgan fingerprint density at radius 2 is 2.00 bits per heavy atom. The number of nitrogens with zero attached hydrogens (tertiary/aromatic N) is 2. The molecule has 9 heteroatoms. The first kappa shape index (κ1) is 22.4. The van der Waals surface area contributed by atoms with Crippen molar-refractivity contribution >= 4 is 33.0 Å². The number of aryl methyl sites for hydroxylation is 1. The van der Waals surface area contributed by atoms with Gasteiger partial charge in [0, 0.05) is 29.7 Å². The van der Waals surface area contributed by atoms with Gasteiger partial charge in [-0.15, -0.1) is 11.3 Å². The second-order valence-corrected chi connectivity index (χ2v) is 10.7. The third-order valence-electron chi connectivity index (χ3n) is 5.50. The number of amides is 1. The Morgan fingerprint density at radius 3 is 2.69 bits per heavy atom. The number of aromatic nitrogens is 1. The zero-order valence-corrected chi connectivity index (χ0v) is 19.6. The van der Waals surface area contributed by atoms with Gasteiger partial charge in [-0.2, -0.15) is 4.31 Å². The predicted octanol–water partition coefficient (Wildman–Crippen LogP) is 4.17. The van der Waals surface area contributed by atoms with Crippen molar-refractivity contribution in [1.82, 2.24) is 9.29 Å². The zero-order valence-electron chi connectivity index (χ0n) is 17.9. The molecule has 1 aliphatic heterocycles. The van der Waals surface area contributed by atoms with E-state index in [1.165, 1.54) is 23.5 Å². The second-order valence-electron chi connectivity index (χ2n) is 7.70. The largest absolute Gasteiger partial charge is 0.497 e. The molecule has 0 spiro atoms. The fraction of sp³-hybridized carbons (Fsp3) is 0.304. The number of methoxy groups -OCH3 is 1. The van der Waals surface area contributed by atoms with E-state index in [4.69, 9.17) is 4.74 Å². The van der Waals surface area contributed by atoms with E-state index in [1.807, 2.05) is 36.6 Å².